The molecule has 1 heterocycles. The Labute approximate surface area is 199 Å². The van der Waals surface area contributed by atoms with Gasteiger partial charge in [-0.3, -0.25) is 4.79 Å². The van der Waals surface area contributed by atoms with Crippen LogP contribution in [0.15, 0.2) is 72.8 Å². The molecule has 0 unspecified atom stereocenters. The molecule has 0 aliphatic rings. The summed E-state index contributed by atoms with van der Waals surface area (Å²) in [6, 6.07) is 22.8. The summed E-state index contributed by atoms with van der Waals surface area (Å²) in [6.45, 7) is 6.64. The number of hydrogen-bond donors (Lipinski definition) is 1. The van der Waals surface area contributed by atoms with Crippen LogP contribution in [0.3, 0.4) is 0 Å². The summed E-state index contributed by atoms with van der Waals surface area (Å²) in [7, 11) is 1.63. The first-order chi connectivity index (χ1) is 16.4. The zero-order valence-corrected chi connectivity index (χ0v) is 19.8. The predicted molar refractivity (Wildman–Crippen MR) is 133 cm³/mol. The summed E-state index contributed by atoms with van der Waals surface area (Å²) in [6.07, 6.45) is 0. The van der Waals surface area contributed by atoms with Gasteiger partial charge in [0.1, 0.15) is 5.75 Å². The molecule has 4 rings (SSSR count). The Bertz CT molecular complexity index is 1280. The molecular formula is C27H28N4O3. The number of rotatable bonds is 8. The van der Waals surface area contributed by atoms with Gasteiger partial charge < -0.3 is 14.8 Å². The van der Waals surface area contributed by atoms with Gasteiger partial charge in [-0.05, 0) is 55.3 Å². The lowest BCUT2D eigenvalue weighted by Gasteiger charge is -2.10. The highest BCUT2D eigenvalue weighted by Crippen LogP contribution is 2.27. The fourth-order valence-corrected chi connectivity index (χ4v) is 3.35. The van der Waals surface area contributed by atoms with Gasteiger partial charge in [0.05, 0.1) is 19.4 Å². The van der Waals surface area contributed by atoms with E-state index >= 15 is 0 Å². The van der Waals surface area contributed by atoms with Crippen molar-refractivity contribution in [2.24, 2.45) is 5.92 Å². The summed E-state index contributed by atoms with van der Waals surface area (Å²) in [5, 5.41) is 7.56. The van der Waals surface area contributed by atoms with Crippen LogP contribution in [0, 0.1) is 12.8 Å². The Hall–Kier alpha value is -4.13. The maximum Gasteiger partial charge on any atom is 0.336 e. The number of anilines is 1. The Morgan fingerprint density at radius 3 is 2.53 bits per heavy atom. The molecule has 0 aliphatic carbocycles. The van der Waals surface area contributed by atoms with Crippen molar-refractivity contribution < 1.29 is 14.3 Å². The second-order valence-corrected chi connectivity index (χ2v) is 8.44. The highest BCUT2D eigenvalue weighted by atomic mass is 16.5. The van der Waals surface area contributed by atoms with E-state index in [2.05, 4.69) is 29.2 Å². The smallest absolute Gasteiger partial charge is 0.336 e. The number of amides is 1. The molecule has 174 valence electrons. The number of ether oxygens (including phenoxy) is 2. The topological polar surface area (TPSA) is 78.3 Å². The van der Waals surface area contributed by atoms with E-state index in [0.29, 0.717) is 35.6 Å². The molecule has 0 saturated heterocycles. The summed E-state index contributed by atoms with van der Waals surface area (Å²) in [5.41, 5.74) is 3.93. The maximum absolute atomic E-state index is 12.7. The summed E-state index contributed by atoms with van der Waals surface area (Å²) >= 11 is 0. The van der Waals surface area contributed by atoms with Gasteiger partial charge in [0.15, 0.2) is 5.82 Å². The minimum Gasteiger partial charge on any atom is -0.497 e. The van der Waals surface area contributed by atoms with Crippen LogP contribution in [0.5, 0.6) is 11.8 Å². The van der Waals surface area contributed by atoms with Gasteiger partial charge in [-0.25, -0.2) is 4.68 Å². The molecule has 1 N–H and O–H groups in total. The molecule has 0 saturated carbocycles. The number of aryl methyl sites for hydroxylation is 1. The molecule has 1 aromatic heterocycles. The molecule has 0 radical (unpaired) electrons. The monoisotopic (exact) mass is 456 g/mol. The number of hydrogen-bond acceptors (Lipinski definition) is 5. The Balaban J connectivity index is 1.68. The molecule has 7 heteroatoms. The van der Waals surface area contributed by atoms with Gasteiger partial charge in [0.2, 0.25) is 0 Å². The normalized spacial score (nSPS) is 10.9. The zero-order valence-electron chi connectivity index (χ0n) is 19.8. The molecular weight excluding hydrogens is 428 g/mol. The quantitative estimate of drug-likeness (QED) is 0.377. The van der Waals surface area contributed by atoms with Crippen LogP contribution in [0.1, 0.15) is 29.8 Å². The fraction of sp³-hybridized carbons (Fsp3) is 0.222. The number of nitrogens with one attached hydrogen (secondary N) is 1. The van der Waals surface area contributed by atoms with Gasteiger partial charge in [0, 0.05) is 16.8 Å². The number of methoxy groups -OCH3 is 1. The molecule has 0 spiro atoms. The fourth-order valence-electron chi connectivity index (χ4n) is 3.35. The van der Waals surface area contributed by atoms with Crippen LogP contribution >= 0.6 is 0 Å². The standard InChI is InChI=1S/C27H28N4O3/c1-18(2)17-34-27-29-25(21-7-5-10-24(15-21)33-4)31(30-27)23-9-6-8-22(16-23)28-26(32)20-13-11-19(3)12-14-20/h5-16,18H,17H2,1-4H3,(H,28,32). The zero-order chi connectivity index (χ0) is 24.1. The lowest BCUT2D eigenvalue weighted by molar-refractivity contribution is 0.102. The Morgan fingerprint density at radius 2 is 1.79 bits per heavy atom. The van der Waals surface area contributed by atoms with E-state index in [1.165, 1.54) is 0 Å². The Kier molecular flexibility index (Phi) is 6.92. The van der Waals surface area contributed by atoms with Crippen LogP contribution in [-0.2, 0) is 0 Å². The molecule has 0 fully saturated rings. The lowest BCUT2D eigenvalue weighted by atomic mass is 10.1. The SMILES string of the molecule is COc1cccc(-c2nc(OCC(C)C)nn2-c2cccc(NC(=O)c3ccc(C)cc3)c2)c1. The van der Waals surface area contributed by atoms with Crippen molar-refractivity contribution in [3.05, 3.63) is 83.9 Å². The summed E-state index contributed by atoms with van der Waals surface area (Å²) in [4.78, 5) is 17.3. The van der Waals surface area contributed by atoms with Crippen molar-refractivity contribution in [2.75, 3.05) is 19.0 Å². The maximum atomic E-state index is 12.7. The number of benzene rings is 3. The van der Waals surface area contributed by atoms with Crippen LogP contribution in [0.4, 0.5) is 5.69 Å². The molecule has 0 atom stereocenters. The largest absolute Gasteiger partial charge is 0.497 e. The van der Waals surface area contributed by atoms with E-state index < -0.39 is 0 Å². The number of carbonyl (C=O) groups excluding carboxylic acids is 1. The van der Waals surface area contributed by atoms with Crippen LogP contribution in [0.25, 0.3) is 17.1 Å². The minimum atomic E-state index is -0.176. The van der Waals surface area contributed by atoms with Crippen molar-refractivity contribution in [1.82, 2.24) is 14.8 Å². The van der Waals surface area contributed by atoms with Gasteiger partial charge >= 0.3 is 6.01 Å². The molecule has 3 aromatic carbocycles. The lowest BCUT2D eigenvalue weighted by Crippen LogP contribution is -2.12. The first-order valence-electron chi connectivity index (χ1n) is 11.2. The van der Waals surface area contributed by atoms with Crippen molar-refractivity contribution >= 4 is 11.6 Å². The van der Waals surface area contributed by atoms with Gasteiger partial charge in [-0.15, -0.1) is 5.10 Å². The first kappa shape index (κ1) is 23.0. The van der Waals surface area contributed by atoms with E-state index in [9.17, 15) is 4.79 Å². The molecule has 34 heavy (non-hydrogen) atoms. The molecule has 0 aliphatic heterocycles. The van der Waals surface area contributed by atoms with Crippen LogP contribution in [0.2, 0.25) is 0 Å². The van der Waals surface area contributed by atoms with E-state index in [-0.39, 0.29) is 5.91 Å². The van der Waals surface area contributed by atoms with Crippen LogP contribution in [-0.4, -0.2) is 34.4 Å². The summed E-state index contributed by atoms with van der Waals surface area (Å²) < 4.78 is 12.9. The number of carbonyl (C=O) groups is 1. The van der Waals surface area contributed by atoms with Crippen molar-refractivity contribution in [3.63, 3.8) is 0 Å². The van der Waals surface area contributed by atoms with Crippen molar-refractivity contribution in [2.45, 2.75) is 20.8 Å². The highest BCUT2D eigenvalue weighted by Gasteiger charge is 2.16. The number of nitrogens with zero attached hydrogens (tertiary/aromatic N) is 3. The van der Waals surface area contributed by atoms with Crippen LogP contribution < -0.4 is 14.8 Å². The molecule has 0 bridgehead atoms. The first-order valence-corrected chi connectivity index (χ1v) is 11.2. The van der Waals surface area contributed by atoms with Gasteiger partial charge in [-0.1, -0.05) is 49.7 Å². The highest BCUT2D eigenvalue weighted by molar-refractivity contribution is 6.04. The average molecular weight is 457 g/mol. The minimum absolute atomic E-state index is 0.176. The molecule has 1 amide bonds. The van der Waals surface area contributed by atoms with Crippen molar-refractivity contribution in [1.29, 1.82) is 0 Å². The van der Waals surface area contributed by atoms with Gasteiger partial charge in [0.25, 0.3) is 5.91 Å². The molecule has 7 nitrogen and oxygen atoms in total. The second kappa shape index (κ2) is 10.2. The third-order valence-corrected chi connectivity index (χ3v) is 5.12. The van der Waals surface area contributed by atoms with Gasteiger partial charge in [-0.2, -0.15) is 4.98 Å². The third kappa shape index (κ3) is 5.43. The van der Waals surface area contributed by atoms with E-state index in [1.54, 1.807) is 11.8 Å². The number of aromatic nitrogens is 3. The average Bonchev–Trinajstić information content (AvgIpc) is 3.28. The molecule has 4 aromatic rings. The van der Waals surface area contributed by atoms with E-state index in [4.69, 9.17) is 9.47 Å². The van der Waals surface area contributed by atoms with E-state index in [0.717, 1.165) is 22.6 Å². The van der Waals surface area contributed by atoms with E-state index in [1.807, 2.05) is 79.7 Å². The van der Waals surface area contributed by atoms with Crippen molar-refractivity contribution in [3.8, 4) is 28.8 Å². The Morgan fingerprint density at radius 1 is 1.03 bits per heavy atom. The second-order valence-electron chi connectivity index (χ2n) is 8.44. The predicted octanol–water partition coefficient (Wildman–Crippen LogP) is 5.54. The summed E-state index contributed by atoms with van der Waals surface area (Å²) in [5.74, 6) is 1.49. The third-order valence-electron chi connectivity index (χ3n) is 5.12.